The predicted molar refractivity (Wildman–Crippen MR) is 96.0 cm³/mol. The van der Waals surface area contributed by atoms with Crippen molar-refractivity contribution in [3.05, 3.63) is 59.7 Å². The number of carbonyl (C=O) groups excluding carboxylic acids is 1. The molecule has 122 valence electrons. The second kappa shape index (κ2) is 8.06. The number of thioether (sulfide) groups is 1. The molecule has 0 saturated heterocycles. The van der Waals surface area contributed by atoms with E-state index in [0.29, 0.717) is 6.54 Å². The molecule has 0 N–H and O–H groups in total. The molecule has 0 fully saturated rings. The Morgan fingerprint density at radius 3 is 2.30 bits per heavy atom. The molecule has 3 nitrogen and oxygen atoms in total. The maximum Gasteiger partial charge on any atom is 0.235 e. The van der Waals surface area contributed by atoms with Crippen LogP contribution in [0.3, 0.4) is 0 Å². The first-order valence-electron chi connectivity index (χ1n) is 7.61. The van der Waals surface area contributed by atoms with Crippen molar-refractivity contribution in [2.24, 2.45) is 0 Å². The van der Waals surface area contributed by atoms with Gasteiger partial charge < -0.3 is 9.64 Å². The number of aryl methyl sites for hydroxylation is 1. The normalized spacial score (nSPS) is 11.8. The Balaban J connectivity index is 1.93. The Kier molecular flexibility index (Phi) is 6.11. The van der Waals surface area contributed by atoms with Crippen LogP contribution < -0.4 is 4.74 Å². The van der Waals surface area contributed by atoms with E-state index < -0.39 is 0 Å². The molecule has 0 aliphatic carbocycles. The molecule has 0 heterocycles. The van der Waals surface area contributed by atoms with Gasteiger partial charge in [-0.1, -0.05) is 29.8 Å². The summed E-state index contributed by atoms with van der Waals surface area (Å²) in [5.74, 6) is 0.956. The minimum Gasteiger partial charge on any atom is -0.497 e. The number of ether oxygens (including phenoxy) is 1. The van der Waals surface area contributed by atoms with E-state index >= 15 is 0 Å². The second-order valence-electron chi connectivity index (χ2n) is 5.62. The lowest BCUT2D eigenvalue weighted by molar-refractivity contribution is -0.129. The van der Waals surface area contributed by atoms with Crippen molar-refractivity contribution in [1.29, 1.82) is 0 Å². The van der Waals surface area contributed by atoms with Crippen molar-refractivity contribution in [3.8, 4) is 5.75 Å². The van der Waals surface area contributed by atoms with Crippen molar-refractivity contribution < 1.29 is 9.53 Å². The van der Waals surface area contributed by atoms with Crippen LogP contribution in [0.1, 0.15) is 18.1 Å². The van der Waals surface area contributed by atoms with Crippen LogP contribution in [0.2, 0.25) is 0 Å². The first kappa shape index (κ1) is 17.4. The van der Waals surface area contributed by atoms with Crippen LogP contribution in [-0.4, -0.2) is 30.2 Å². The summed E-state index contributed by atoms with van der Waals surface area (Å²) in [5, 5.41) is -0.110. The van der Waals surface area contributed by atoms with E-state index in [9.17, 15) is 4.79 Å². The fraction of sp³-hybridized carbons (Fsp3) is 0.316. The number of nitrogens with zero attached hydrogens (tertiary/aromatic N) is 1. The molecule has 0 aliphatic heterocycles. The number of amides is 1. The SMILES string of the molecule is COc1ccc(CN(C)C(=O)C(C)Sc2ccc(C)cc2)cc1. The Morgan fingerprint density at radius 2 is 1.74 bits per heavy atom. The van der Waals surface area contributed by atoms with Crippen LogP contribution >= 0.6 is 11.8 Å². The van der Waals surface area contributed by atoms with Gasteiger partial charge in [0.25, 0.3) is 0 Å². The maximum atomic E-state index is 12.5. The topological polar surface area (TPSA) is 29.5 Å². The highest BCUT2D eigenvalue weighted by Crippen LogP contribution is 2.25. The summed E-state index contributed by atoms with van der Waals surface area (Å²) in [6, 6.07) is 16.1. The van der Waals surface area contributed by atoms with Gasteiger partial charge in [0.15, 0.2) is 0 Å². The van der Waals surface area contributed by atoms with E-state index in [2.05, 4.69) is 31.2 Å². The van der Waals surface area contributed by atoms with Gasteiger partial charge in [0.2, 0.25) is 5.91 Å². The van der Waals surface area contributed by atoms with E-state index in [0.717, 1.165) is 16.2 Å². The van der Waals surface area contributed by atoms with E-state index in [-0.39, 0.29) is 11.2 Å². The van der Waals surface area contributed by atoms with Gasteiger partial charge in [0.05, 0.1) is 12.4 Å². The number of rotatable bonds is 6. The fourth-order valence-corrected chi connectivity index (χ4v) is 3.25. The van der Waals surface area contributed by atoms with Crippen molar-refractivity contribution in [3.63, 3.8) is 0 Å². The molecule has 0 bridgehead atoms. The molecule has 0 radical (unpaired) electrons. The molecule has 1 amide bonds. The standard InChI is InChI=1S/C19H23NO2S/c1-14-5-11-18(12-6-14)23-15(2)19(21)20(3)13-16-7-9-17(22-4)10-8-16/h5-12,15H,13H2,1-4H3. The quantitative estimate of drug-likeness (QED) is 0.746. The molecular weight excluding hydrogens is 306 g/mol. The monoisotopic (exact) mass is 329 g/mol. The number of carbonyl (C=O) groups is 1. The Bertz CT molecular complexity index is 637. The fourth-order valence-electron chi connectivity index (χ4n) is 2.26. The van der Waals surface area contributed by atoms with Crippen LogP contribution in [0, 0.1) is 6.92 Å². The summed E-state index contributed by atoms with van der Waals surface area (Å²) in [4.78, 5) is 15.4. The smallest absolute Gasteiger partial charge is 0.235 e. The molecule has 23 heavy (non-hydrogen) atoms. The van der Waals surface area contributed by atoms with Crippen molar-refractivity contribution >= 4 is 17.7 Å². The first-order chi connectivity index (χ1) is 11.0. The number of benzene rings is 2. The molecule has 0 aliphatic rings. The third-order valence-corrected chi connectivity index (χ3v) is 4.74. The minimum atomic E-state index is -0.110. The lowest BCUT2D eigenvalue weighted by atomic mass is 10.2. The molecule has 0 spiro atoms. The summed E-state index contributed by atoms with van der Waals surface area (Å²) in [5.41, 5.74) is 2.32. The van der Waals surface area contributed by atoms with Gasteiger partial charge in [-0.05, 0) is 43.7 Å². The van der Waals surface area contributed by atoms with Gasteiger partial charge in [-0.3, -0.25) is 4.79 Å². The Hall–Kier alpha value is -1.94. The number of hydrogen-bond acceptors (Lipinski definition) is 3. The average molecular weight is 329 g/mol. The molecule has 0 saturated carbocycles. The van der Waals surface area contributed by atoms with Gasteiger partial charge in [-0.15, -0.1) is 11.8 Å². The van der Waals surface area contributed by atoms with Crippen LogP contribution in [0.25, 0.3) is 0 Å². The van der Waals surface area contributed by atoms with Gasteiger partial charge >= 0.3 is 0 Å². The van der Waals surface area contributed by atoms with Gasteiger partial charge in [0, 0.05) is 18.5 Å². The number of hydrogen-bond donors (Lipinski definition) is 0. The zero-order valence-electron chi connectivity index (χ0n) is 14.1. The highest BCUT2D eigenvalue weighted by Gasteiger charge is 2.18. The Morgan fingerprint density at radius 1 is 1.13 bits per heavy atom. The van der Waals surface area contributed by atoms with Crippen LogP contribution in [0.4, 0.5) is 0 Å². The third-order valence-electron chi connectivity index (χ3n) is 3.64. The average Bonchev–Trinajstić information content (AvgIpc) is 2.56. The third kappa shape index (κ3) is 5.03. The van der Waals surface area contributed by atoms with Gasteiger partial charge in [-0.25, -0.2) is 0 Å². The summed E-state index contributed by atoms with van der Waals surface area (Å²) < 4.78 is 5.15. The molecule has 0 aromatic heterocycles. The van der Waals surface area contributed by atoms with E-state index in [1.54, 1.807) is 23.8 Å². The second-order valence-corrected chi connectivity index (χ2v) is 7.03. The van der Waals surface area contributed by atoms with Gasteiger partial charge in [-0.2, -0.15) is 0 Å². The summed E-state index contributed by atoms with van der Waals surface area (Å²) >= 11 is 1.59. The predicted octanol–water partition coefficient (Wildman–Crippen LogP) is 4.14. The number of methoxy groups -OCH3 is 1. The highest BCUT2D eigenvalue weighted by atomic mass is 32.2. The van der Waals surface area contributed by atoms with Crippen LogP contribution in [0.15, 0.2) is 53.4 Å². The summed E-state index contributed by atoms with van der Waals surface area (Å²) in [6.07, 6.45) is 0. The highest BCUT2D eigenvalue weighted by molar-refractivity contribution is 8.00. The molecule has 4 heteroatoms. The lowest BCUT2D eigenvalue weighted by Crippen LogP contribution is -2.32. The van der Waals surface area contributed by atoms with Crippen molar-refractivity contribution in [1.82, 2.24) is 4.90 Å². The molecule has 2 aromatic rings. The summed E-state index contributed by atoms with van der Waals surface area (Å²) in [6.45, 7) is 4.62. The zero-order chi connectivity index (χ0) is 16.8. The summed E-state index contributed by atoms with van der Waals surface area (Å²) in [7, 11) is 3.49. The molecule has 2 rings (SSSR count). The molecule has 2 aromatic carbocycles. The minimum absolute atomic E-state index is 0.110. The molecule has 1 unspecified atom stereocenters. The lowest BCUT2D eigenvalue weighted by Gasteiger charge is -2.21. The van der Waals surface area contributed by atoms with Gasteiger partial charge in [0.1, 0.15) is 5.75 Å². The largest absolute Gasteiger partial charge is 0.497 e. The molecule has 1 atom stereocenters. The van der Waals surface area contributed by atoms with Crippen molar-refractivity contribution in [2.45, 2.75) is 30.5 Å². The van der Waals surface area contributed by atoms with Crippen LogP contribution in [-0.2, 0) is 11.3 Å². The Labute approximate surface area is 142 Å². The zero-order valence-corrected chi connectivity index (χ0v) is 14.9. The van der Waals surface area contributed by atoms with E-state index in [1.165, 1.54) is 5.56 Å². The molecular formula is C19H23NO2S. The first-order valence-corrected chi connectivity index (χ1v) is 8.49. The van der Waals surface area contributed by atoms with E-state index in [1.807, 2.05) is 38.2 Å². The van der Waals surface area contributed by atoms with E-state index in [4.69, 9.17) is 4.74 Å². The maximum absolute atomic E-state index is 12.5. The van der Waals surface area contributed by atoms with Crippen LogP contribution in [0.5, 0.6) is 5.75 Å². The van der Waals surface area contributed by atoms with Crippen molar-refractivity contribution in [2.75, 3.05) is 14.2 Å².